The molecule has 7 nitrogen and oxygen atoms in total. The quantitative estimate of drug-likeness (QED) is 0.718. The minimum Gasteiger partial charge on any atom is -0.508 e. The van der Waals surface area contributed by atoms with Gasteiger partial charge in [-0.15, -0.1) is 0 Å². The normalized spacial score (nSPS) is 17.4. The molecule has 27 heavy (non-hydrogen) atoms. The van der Waals surface area contributed by atoms with Gasteiger partial charge in [-0.25, -0.2) is 0 Å². The summed E-state index contributed by atoms with van der Waals surface area (Å²) in [6.07, 6.45) is 0. The number of benzene rings is 2. The van der Waals surface area contributed by atoms with Crippen molar-refractivity contribution in [3.8, 4) is 5.75 Å². The van der Waals surface area contributed by atoms with Gasteiger partial charge >= 0.3 is 0 Å². The standard InChI is InChI=1S/C20H22N4O3/c25-16-7-5-15(6-8-16)23-11-9-22(10-12-23)14-20(27)24-13-19(26)21-17-3-1-2-4-18(17)24/h1-8,25H,9-14H2,(H,21,26)/p+1. The number of fused-ring (bicyclic) bond motifs is 1. The van der Waals surface area contributed by atoms with Gasteiger partial charge in [0.25, 0.3) is 5.91 Å². The van der Waals surface area contributed by atoms with Crippen molar-refractivity contribution in [3.05, 3.63) is 48.5 Å². The maximum absolute atomic E-state index is 12.8. The Kier molecular flexibility index (Phi) is 4.68. The lowest BCUT2D eigenvalue weighted by atomic mass is 10.2. The Hall–Kier alpha value is -3.06. The maximum Gasteiger partial charge on any atom is 0.282 e. The molecule has 0 radical (unpaired) electrons. The SMILES string of the molecule is O=C1CN(C(=O)C[NH+]2CCN(c3ccc(O)cc3)CC2)c2ccccc2N1. The van der Waals surface area contributed by atoms with Gasteiger partial charge in [-0.05, 0) is 36.4 Å². The highest BCUT2D eigenvalue weighted by Gasteiger charge is 2.30. The highest BCUT2D eigenvalue weighted by atomic mass is 16.3. The van der Waals surface area contributed by atoms with Crippen LogP contribution in [-0.2, 0) is 9.59 Å². The zero-order valence-corrected chi connectivity index (χ0v) is 15.0. The van der Waals surface area contributed by atoms with Crippen LogP contribution in [0.2, 0.25) is 0 Å². The number of hydrogen-bond donors (Lipinski definition) is 3. The van der Waals surface area contributed by atoms with Crippen molar-refractivity contribution in [2.24, 2.45) is 0 Å². The second kappa shape index (κ2) is 7.28. The average molecular weight is 367 g/mol. The van der Waals surface area contributed by atoms with Crippen molar-refractivity contribution in [1.82, 2.24) is 0 Å². The summed E-state index contributed by atoms with van der Waals surface area (Å²) < 4.78 is 0. The van der Waals surface area contributed by atoms with E-state index in [0.717, 1.165) is 37.6 Å². The first kappa shape index (κ1) is 17.4. The summed E-state index contributed by atoms with van der Waals surface area (Å²) in [7, 11) is 0. The fourth-order valence-corrected chi connectivity index (χ4v) is 3.69. The number of hydrogen-bond acceptors (Lipinski definition) is 4. The lowest BCUT2D eigenvalue weighted by Gasteiger charge is -2.35. The van der Waals surface area contributed by atoms with Crippen molar-refractivity contribution in [1.29, 1.82) is 0 Å². The fraction of sp³-hybridized carbons (Fsp3) is 0.300. The molecular weight excluding hydrogens is 344 g/mol. The first-order chi connectivity index (χ1) is 13.1. The summed E-state index contributed by atoms with van der Waals surface area (Å²) in [4.78, 5) is 29.8. The zero-order chi connectivity index (χ0) is 18.8. The maximum atomic E-state index is 12.8. The molecule has 3 N–H and O–H groups in total. The molecule has 1 saturated heterocycles. The summed E-state index contributed by atoms with van der Waals surface area (Å²) in [6, 6.07) is 14.6. The molecule has 4 rings (SSSR count). The Morgan fingerprint density at radius 2 is 1.78 bits per heavy atom. The number of carbonyl (C=O) groups is 2. The highest BCUT2D eigenvalue weighted by Crippen LogP contribution is 2.28. The minimum atomic E-state index is -0.158. The smallest absolute Gasteiger partial charge is 0.282 e. The highest BCUT2D eigenvalue weighted by molar-refractivity contribution is 6.10. The number of piperazine rings is 1. The second-order valence-corrected chi connectivity index (χ2v) is 6.98. The van der Waals surface area contributed by atoms with Gasteiger partial charge in [-0.2, -0.15) is 0 Å². The van der Waals surface area contributed by atoms with E-state index in [1.165, 1.54) is 4.90 Å². The number of aromatic hydroxyl groups is 1. The molecule has 2 amide bonds. The molecule has 0 atom stereocenters. The van der Waals surface area contributed by atoms with Gasteiger partial charge in [-0.1, -0.05) is 12.1 Å². The van der Waals surface area contributed by atoms with E-state index >= 15 is 0 Å². The topological polar surface area (TPSA) is 77.3 Å². The van der Waals surface area contributed by atoms with Crippen LogP contribution in [0.25, 0.3) is 0 Å². The lowest BCUT2D eigenvalue weighted by Crippen LogP contribution is -3.16. The third-order valence-corrected chi connectivity index (χ3v) is 5.16. The molecule has 0 unspecified atom stereocenters. The largest absolute Gasteiger partial charge is 0.508 e. The molecule has 2 aliphatic rings. The van der Waals surface area contributed by atoms with Crippen LogP contribution in [0.1, 0.15) is 0 Å². The number of anilines is 3. The molecule has 2 aromatic carbocycles. The molecule has 7 heteroatoms. The summed E-state index contributed by atoms with van der Waals surface area (Å²) >= 11 is 0. The number of nitrogens with zero attached hydrogens (tertiary/aromatic N) is 2. The van der Waals surface area contributed by atoms with Gasteiger partial charge in [0.15, 0.2) is 6.54 Å². The first-order valence-corrected chi connectivity index (χ1v) is 9.17. The number of amides is 2. The average Bonchev–Trinajstić information content (AvgIpc) is 2.68. The lowest BCUT2D eigenvalue weighted by molar-refractivity contribution is -0.892. The number of phenols is 1. The summed E-state index contributed by atoms with van der Waals surface area (Å²) in [5.74, 6) is 0.0824. The Balaban J connectivity index is 1.37. The summed E-state index contributed by atoms with van der Waals surface area (Å²) in [6.45, 7) is 3.87. The molecule has 2 aliphatic heterocycles. The van der Waals surface area contributed by atoms with Crippen molar-refractivity contribution in [3.63, 3.8) is 0 Å². The molecule has 0 bridgehead atoms. The summed E-state index contributed by atoms with van der Waals surface area (Å²) in [5.41, 5.74) is 2.54. The van der Waals surface area contributed by atoms with Crippen LogP contribution in [0.4, 0.5) is 17.1 Å². The van der Waals surface area contributed by atoms with Crippen molar-refractivity contribution >= 4 is 28.9 Å². The van der Waals surface area contributed by atoms with Crippen LogP contribution >= 0.6 is 0 Å². The monoisotopic (exact) mass is 367 g/mol. The molecule has 0 aliphatic carbocycles. The number of rotatable bonds is 3. The zero-order valence-electron chi connectivity index (χ0n) is 15.0. The predicted octanol–water partition coefficient (Wildman–Crippen LogP) is 0.0824. The van der Waals surface area contributed by atoms with E-state index < -0.39 is 0 Å². The number of nitrogens with one attached hydrogen (secondary N) is 2. The third-order valence-electron chi connectivity index (χ3n) is 5.16. The van der Waals surface area contributed by atoms with E-state index in [2.05, 4.69) is 10.2 Å². The minimum absolute atomic E-state index is 0.0228. The molecule has 2 aromatic rings. The van der Waals surface area contributed by atoms with Crippen molar-refractivity contribution < 1.29 is 19.6 Å². The third kappa shape index (κ3) is 3.73. The van der Waals surface area contributed by atoms with E-state index in [1.54, 1.807) is 17.0 Å². The number of phenolic OH excluding ortho intramolecular Hbond substituents is 1. The molecule has 140 valence electrons. The van der Waals surface area contributed by atoms with Crippen molar-refractivity contribution in [2.45, 2.75) is 0 Å². The Morgan fingerprint density at radius 3 is 2.52 bits per heavy atom. The van der Waals surface area contributed by atoms with Gasteiger partial charge in [0, 0.05) is 5.69 Å². The number of para-hydroxylation sites is 2. The van der Waals surface area contributed by atoms with Gasteiger partial charge in [0.2, 0.25) is 5.91 Å². The Bertz CT molecular complexity index is 845. The fourth-order valence-electron chi connectivity index (χ4n) is 3.69. The Morgan fingerprint density at radius 1 is 1.07 bits per heavy atom. The first-order valence-electron chi connectivity index (χ1n) is 9.17. The molecule has 0 saturated carbocycles. The number of quaternary nitrogens is 1. The van der Waals surface area contributed by atoms with E-state index in [0.29, 0.717) is 12.2 Å². The van der Waals surface area contributed by atoms with Crippen LogP contribution in [0.3, 0.4) is 0 Å². The van der Waals surface area contributed by atoms with Gasteiger partial charge in [-0.3, -0.25) is 14.5 Å². The molecular formula is C20H23N4O3+. The molecule has 1 fully saturated rings. The molecule has 2 heterocycles. The van der Waals surface area contributed by atoms with Crippen LogP contribution < -0.4 is 20.0 Å². The predicted molar refractivity (Wildman–Crippen MR) is 103 cm³/mol. The molecule has 0 aromatic heterocycles. The van der Waals surface area contributed by atoms with E-state index in [-0.39, 0.29) is 24.1 Å². The van der Waals surface area contributed by atoms with Gasteiger partial charge < -0.3 is 20.2 Å². The van der Waals surface area contributed by atoms with E-state index in [4.69, 9.17) is 0 Å². The Labute approximate surface area is 157 Å². The van der Waals surface area contributed by atoms with Crippen molar-refractivity contribution in [2.75, 3.05) is 54.4 Å². The van der Waals surface area contributed by atoms with E-state index in [9.17, 15) is 14.7 Å². The van der Waals surface area contributed by atoms with E-state index in [1.807, 2.05) is 36.4 Å². The van der Waals surface area contributed by atoms with Crippen LogP contribution in [-0.4, -0.2) is 56.2 Å². The summed E-state index contributed by atoms with van der Waals surface area (Å²) in [5, 5.41) is 12.2. The van der Waals surface area contributed by atoms with Crippen LogP contribution in [0, 0.1) is 0 Å². The van der Waals surface area contributed by atoms with Gasteiger partial charge in [0.05, 0.1) is 37.6 Å². The van der Waals surface area contributed by atoms with Gasteiger partial charge in [0.1, 0.15) is 12.3 Å². The second-order valence-electron chi connectivity index (χ2n) is 6.98. The molecule has 0 spiro atoms. The number of carbonyl (C=O) groups excluding carboxylic acids is 2. The van der Waals surface area contributed by atoms with Crippen LogP contribution in [0.15, 0.2) is 48.5 Å². The van der Waals surface area contributed by atoms with Crippen LogP contribution in [0.5, 0.6) is 5.75 Å².